The van der Waals surface area contributed by atoms with Crippen LogP contribution < -0.4 is 0 Å². The maximum absolute atomic E-state index is 12.9. The van der Waals surface area contributed by atoms with E-state index in [4.69, 9.17) is 0 Å². The van der Waals surface area contributed by atoms with Gasteiger partial charge in [-0.05, 0) is 31.4 Å². The lowest BCUT2D eigenvalue weighted by molar-refractivity contribution is 0.0662. The van der Waals surface area contributed by atoms with Crippen molar-refractivity contribution in [2.24, 2.45) is 4.99 Å². The molecule has 21 heavy (non-hydrogen) atoms. The molecule has 0 bridgehead atoms. The van der Waals surface area contributed by atoms with E-state index < -0.39 is 0 Å². The van der Waals surface area contributed by atoms with Crippen LogP contribution in [0.15, 0.2) is 47.1 Å². The third-order valence-corrected chi connectivity index (χ3v) is 4.51. The van der Waals surface area contributed by atoms with Crippen LogP contribution in [0.25, 0.3) is 0 Å². The summed E-state index contributed by atoms with van der Waals surface area (Å²) in [6, 6.07) is 10.3. The van der Waals surface area contributed by atoms with Crippen LogP contribution in [0.3, 0.4) is 0 Å². The van der Waals surface area contributed by atoms with Crippen LogP contribution in [0.5, 0.6) is 0 Å². The summed E-state index contributed by atoms with van der Waals surface area (Å²) in [6.07, 6.45) is 9.17. The smallest absolute Gasteiger partial charge is 0.254 e. The van der Waals surface area contributed by atoms with E-state index in [2.05, 4.69) is 22.9 Å². The van der Waals surface area contributed by atoms with Gasteiger partial charge < -0.3 is 4.90 Å². The molecule has 1 amide bonds. The standard InChI is InChI=1S/C18H22N2O/c1-2-16-10-11-17(13-15-9-6-12-19-15)20(16)18(21)14-7-4-3-5-8-14/h3-5,7-9,12,16-17H,2,6,10-11,13H2,1H3. The minimum Gasteiger partial charge on any atom is -0.332 e. The van der Waals surface area contributed by atoms with Crippen LogP contribution in [0.4, 0.5) is 0 Å². The highest BCUT2D eigenvalue weighted by Gasteiger charge is 2.36. The van der Waals surface area contributed by atoms with Gasteiger partial charge in [0.05, 0.1) is 0 Å². The van der Waals surface area contributed by atoms with Crippen LogP contribution in [-0.2, 0) is 0 Å². The summed E-state index contributed by atoms with van der Waals surface area (Å²) in [6.45, 7) is 2.17. The van der Waals surface area contributed by atoms with Gasteiger partial charge in [-0.15, -0.1) is 0 Å². The zero-order chi connectivity index (χ0) is 14.7. The summed E-state index contributed by atoms with van der Waals surface area (Å²) in [7, 11) is 0. The molecule has 0 radical (unpaired) electrons. The fourth-order valence-corrected chi connectivity index (χ4v) is 3.41. The number of benzene rings is 1. The summed E-state index contributed by atoms with van der Waals surface area (Å²) in [5.74, 6) is 0.174. The Morgan fingerprint density at radius 3 is 2.67 bits per heavy atom. The first kappa shape index (κ1) is 14.1. The second-order valence-corrected chi connectivity index (χ2v) is 5.82. The average molecular weight is 282 g/mol. The molecule has 1 fully saturated rings. The maximum Gasteiger partial charge on any atom is 0.254 e. The molecule has 1 aromatic carbocycles. The number of allylic oxidation sites excluding steroid dienone is 1. The number of hydrogen-bond acceptors (Lipinski definition) is 2. The predicted octanol–water partition coefficient (Wildman–Crippen LogP) is 3.82. The van der Waals surface area contributed by atoms with Crippen LogP contribution in [0, 0.1) is 0 Å². The summed E-state index contributed by atoms with van der Waals surface area (Å²) in [5, 5.41) is 0. The van der Waals surface area contributed by atoms with Crippen molar-refractivity contribution in [3.63, 3.8) is 0 Å². The molecule has 3 rings (SSSR count). The fraction of sp³-hybridized carbons (Fsp3) is 0.444. The lowest BCUT2D eigenvalue weighted by Gasteiger charge is -2.30. The Kier molecular flexibility index (Phi) is 4.18. The molecule has 0 aromatic heterocycles. The number of amides is 1. The Labute approximate surface area is 126 Å². The van der Waals surface area contributed by atoms with E-state index in [1.165, 1.54) is 0 Å². The molecule has 0 spiro atoms. The molecule has 1 aromatic rings. The number of rotatable bonds is 4. The molecule has 2 heterocycles. The van der Waals surface area contributed by atoms with Gasteiger partial charge in [-0.25, -0.2) is 0 Å². The highest BCUT2D eigenvalue weighted by molar-refractivity contribution is 5.94. The molecule has 2 aliphatic rings. The Hall–Kier alpha value is -1.90. The average Bonchev–Trinajstić information content (AvgIpc) is 3.17. The molecule has 110 valence electrons. The third-order valence-electron chi connectivity index (χ3n) is 4.51. The molecule has 3 nitrogen and oxygen atoms in total. The lowest BCUT2D eigenvalue weighted by atomic mass is 10.1. The van der Waals surface area contributed by atoms with Gasteiger partial charge in [0.25, 0.3) is 5.91 Å². The fourth-order valence-electron chi connectivity index (χ4n) is 3.41. The second kappa shape index (κ2) is 6.25. The number of nitrogens with zero attached hydrogens (tertiary/aromatic N) is 2. The van der Waals surface area contributed by atoms with Crippen molar-refractivity contribution in [2.45, 2.75) is 51.1 Å². The first-order valence-corrected chi connectivity index (χ1v) is 7.89. The van der Waals surface area contributed by atoms with Gasteiger partial charge in [0, 0.05) is 42.4 Å². The monoisotopic (exact) mass is 282 g/mol. The number of hydrogen-bond donors (Lipinski definition) is 0. The van der Waals surface area contributed by atoms with Crippen molar-refractivity contribution >= 4 is 12.1 Å². The minimum atomic E-state index is 0.174. The van der Waals surface area contributed by atoms with E-state index >= 15 is 0 Å². The van der Waals surface area contributed by atoms with E-state index in [1.807, 2.05) is 36.5 Å². The number of carbonyl (C=O) groups excluding carboxylic acids is 1. The summed E-state index contributed by atoms with van der Waals surface area (Å²) in [5.41, 5.74) is 1.94. The Balaban J connectivity index is 1.80. The van der Waals surface area contributed by atoms with E-state index in [0.29, 0.717) is 12.1 Å². The van der Waals surface area contributed by atoms with E-state index in [1.54, 1.807) is 0 Å². The van der Waals surface area contributed by atoms with Crippen LogP contribution in [-0.4, -0.2) is 29.1 Å². The van der Waals surface area contributed by atoms with Gasteiger partial charge in [-0.3, -0.25) is 9.79 Å². The molecule has 2 aliphatic heterocycles. The first-order valence-electron chi connectivity index (χ1n) is 7.89. The highest BCUT2D eigenvalue weighted by atomic mass is 16.2. The Morgan fingerprint density at radius 2 is 2.00 bits per heavy atom. The van der Waals surface area contributed by atoms with E-state index in [-0.39, 0.29) is 5.91 Å². The topological polar surface area (TPSA) is 32.7 Å². The Morgan fingerprint density at radius 1 is 1.24 bits per heavy atom. The van der Waals surface area contributed by atoms with Crippen molar-refractivity contribution in [3.8, 4) is 0 Å². The number of carbonyl (C=O) groups is 1. The van der Waals surface area contributed by atoms with Crippen LogP contribution in [0.2, 0.25) is 0 Å². The van der Waals surface area contributed by atoms with E-state index in [9.17, 15) is 4.79 Å². The summed E-state index contributed by atoms with van der Waals surface area (Å²) >= 11 is 0. The zero-order valence-electron chi connectivity index (χ0n) is 12.5. The lowest BCUT2D eigenvalue weighted by Crippen LogP contribution is -2.41. The van der Waals surface area contributed by atoms with Gasteiger partial charge >= 0.3 is 0 Å². The van der Waals surface area contributed by atoms with Gasteiger partial charge in [0.2, 0.25) is 0 Å². The summed E-state index contributed by atoms with van der Waals surface area (Å²) in [4.78, 5) is 19.4. The Bertz CT molecular complexity index is 562. The van der Waals surface area contributed by atoms with Crippen LogP contribution >= 0.6 is 0 Å². The van der Waals surface area contributed by atoms with Gasteiger partial charge in [-0.1, -0.05) is 31.2 Å². The number of likely N-dealkylation sites (tertiary alicyclic amines) is 1. The molecule has 0 N–H and O–H groups in total. The van der Waals surface area contributed by atoms with Gasteiger partial charge in [0.15, 0.2) is 0 Å². The molecular formula is C18H22N2O. The summed E-state index contributed by atoms with van der Waals surface area (Å²) < 4.78 is 0. The van der Waals surface area contributed by atoms with Crippen molar-refractivity contribution in [2.75, 3.05) is 0 Å². The van der Waals surface area contributed by atoms with Gasteiger partial charge in [0.1, 0.15) is 0 Å². The zero-order valence-corrected chi connectivity index (χ0v) is 12.5. The molecule has 0 saturated carbocycles. The molecular weight excluding hydrogens is 260 g/mol. The van der Waals surface area contributed by atoms with Crippen molar-refractivity contribution < 1.29 is 4.79 Å². The minimum absolute atomic E-state index is 0.174. The molecule has 3 heteroatoms. The largest absolute Gasteiger partial charge is 0.332 e. The van der Waals surface area contributed by atoms with Crippen molar-refractivity contribution in [1.82, 2.24) is 4.90 Å². The van der Waals surface area contributed by atoms with Crippen molar-refractivity contribution in [3.05, 3.63) is 47.7 Å². The van der Waals surface area contributed by atoms with Crippen molar-refractivity contribution in [1.29, 1.82) is 0 Å². The normalized spacial score (nSPS) is 24.4. The predicted molar refractivity (Wildman–Crippen MR) is 85.5 cm³/mol. The van der Waals surface area contributed by atoms with Gasteiger partial charge in [-0.2, -0.15) is 0 Å². The maximum atomic E-state index is 12.9. The second-order valence-electron chi connectivity index (χ2n) is 5.82. The highest BCUT2D eigenvalue weighted by Crippen LogP contribution is 2.32. The van der Waals surface area contributed by atoms with Crippen LogP contribution in [0.1, 0.15) is 49.4 Å². The molecule has 2 unspecified atom stereocenters. The quantitative estimate of drug-likeness (QED) is 0.826. The molecule has 1 saturated heterocycles. The third kappa shape index (κ3) is 2.92. The molecule has 2 atom stereocenters. The number of aliphatic imine (C=N–C) groups is 1. The SMILES string of the molecule is CCC1CCC(CC2=CCC=N2)N1C(=O)c1ccccc1. The molecule has 0 aliphatic carbocycles. The first-order chi connectivity index (χ1) is 10.3. The van der Waals surface area contributed by atoms with E-state index in [0.717, 1.165) is 43.4 Å².